The normalized spacial score (nSPS) is 13.6. The second-order valence-electron chi connectivity index (χ2n) is 6.67. The largest absolute Gasteiger partial charge is 0.508 e. The van der Waals surface area contributed by atoms with Gasteiger partial charge in [0.15, 0.2) is 5.78 Å². The number of methoxy groups -OCH3 is 1. The van der Waals surface area contributed by atoms with Gasteiger partial charge in [-0.15, -0.1) is 11.3 Å². The van der Waals surface area contributed by atoms with E-state index < -0.39 is 11.3 Å². The van der Waals surface area contributed by atoms with Crippen molar-refractivity contribution in [2.24, 2.45) is 0 Å². The fourth-order valence-electron chi connectivity index (χ4n) is 3.14. The molecule has 3 aromatic carbocycles. The Hall–Kier alpha value is -3.38. The summed E-state index contributed by atoms with van der Waals surface area (Å²) >= 11 is -0.604. The van der Waals surface area contributed by atoms with Crippen molar-refractivity contribution < 1.29 is 14.6 Å². The van der Waals surface area contributed by atoms with Crippen LogP contribution in [0.5, 0.6) is 11.5 Å². The first-order valence-electron chi connectivity index (χ1n) is 9.20. The number of ketones is 1. The Morgan fingerprint density at radius 3 is 2.38 bits per heavy atom. The molecule has 6 heteroatoms. The summed E-state index contributed by atoms with van der Waals surface area (Å²) in [7, 11) is 1.66. The maximum Gasteiger partial charge on any atom is 0.185 e. The highest BCUT2D eigenvalue weighted by Gasteiger charge is 2.17. The van der Waals surface area contributed by atoms with Gasteiger partial charge in [-0.1, -0.05) is 30.3 Å². The van der Waals surface area contributed by atoms with Crippen LogP contribution in [0.25, 0.3) is 6.08 Å². The zero-order valence-electron chi connectivity index (χ0n) is 15.9. The second-order valence-corrected chi connectivity index (χ2v) is 8.29. The zero-order valence-corrected chi connectivity index (χ0v) is 16.8. The lowest BCUT2D eigenvalue weighted by Crippen LogP contribution is -2.01. The summed E-state index contributed by atoms with van der Waals surface area (Å²) in [5.74, 6) is 1.64. The number of carbonyl (C=O) groups is 1. The van der Waals surface area contributed by atoms with E-state index in [9.17, 15) is 9.90 Å². The summed E-state index contributed by atoms with van der Waals surface area (Å²) in [6, 6.07) is 20.4. The fraction of sp³-hybridized carbons (Fsp3) is 0.0870. The number of carbonyl (C=O) groups excluding carboxylic acids is 1. The van der Waals surface area contributed by atoms with Gasteiger partial charge in [0.05, 0.1) is 18.5 Å². The molecule has 1 aliphatic rings. The maximum absolute atomic E-state index is 12.3. The van der Waals surface area contributed by atoms with E-state index in [4.69, 9.17) is 4.74 Å². The van der Waals surface area contributed by atoms with Crippen LogP contribution in [0.1, 0.15) is 21.5 Å². The van der Waals surface area contributed by atoms with Crippen LogP contribution in [0.4, 0.5) is 11.4 Å². The molecule has 0 unspecified atom stereocenters. The fourth-order valence-corrected chi connectivity index (χ4v) is 4.92. The first-order valence-corrected chi connectivity index (χ1v) is 10.7. The molecule has 0 fully saturated rings. The molecule has 0 aliphatic carbocycles. The van der Waals surface area contributed by atoms with Crippen molar-refractivity contribution in [1.82, 2.24) is 0 Å². The predicted molar refractivity (Wildman–Crippen MR) is 121 cm³/mol. The number of ether oxygens (including phenoxy) is 1. The number of aromatic hydroxyl groups is 1. The van der Waals surface area contributed by atoms with Gasteiger partial charge in [0.1, 0.15) is 11.5 Å². The van der Waals surface area contributed by atoms with Gasteiger partial charge in [-0.3, -0.25) is 4.79 Å². The van der Waals surface area contributed by atoms with Crippen molar-refractivity contribution in [2.45, 2.75) is 5.75 Å². The average Bonchev–Trinajstić information content (AvgIpc) is 3.15. The van der Waals surface area contributed by atoms with E-state index in [1.165, 1.54) is 18.2 Å². The summed E-state index contributed by atoms with van der Waals surface area (Å²) in [4.78, 5) is 12.3. The van der Waals surface area contributed by atoms with Crippen LogP contribution in [0, 0.1) is 0 Å². The van der Waals surface area contributed by atoms with E-state index >= 15 is 0 Å². The molecule has 3 N–H and O–H groups in total. The molecule has 1 aliphatic heterocycles. The van der Waals surface area contributed by atoms with Gasteiger partial charge in [0.2, 0.25) is 0 Å². The molecule has 29 heavy (non-hydrogen) atoms. The Bertz CT molecular complexity index is 1040. The Morgan fingerprint density at radius 1 is 1.03 bits per heavy atom. The maximum atomic E-state index is 12.3. The van der Waals surface area contributed by atoms with Gasteiger partial charge >= 0.3 is 0 Å². The van der Waals surface area contributed by atoms with Crippen LogP contribution in [0.3, 0.4) is 0 Å². The monoisotopic (exact) mass is 406 g/mol. The van der Waals surface area contributed by atoms with E-state index in [-0.39, 0.29) is 11.5 Å². The molecule has 0 aromatic heterocycles. The first kappa shape index (κ1) is 19.0. The SMILES string of the molecule is COc1cc(/C=C/C(=O)c2ccc(O)cc2)ccc1C[SH]1Nc2ccccc2N1. The standard InChI is InChI=1S/C23H22N2O3S/c1-28-23-14-16(7-13-22(27)17-9-11-19(26)12-10-17)6-8-18(23)15-29-24-20-4-2-3-5-21(20)25-29/h2-14,24-26,29H,15H2,1H3/b13-7+. The van der Waals surface area contributed by atoms with Crippen molar-refractivity contribution in [1.29, 1.82) is 0 Å². The van der Waals surface area contributed by atoms with Crippen LogP contribution in [0.2, 0.25) is 0 Å². The number of phenols is 1. The average molecular weight is 407 g/mol. The molecule has 4 rings (SSSR count). The molecule has 0 bridgehead atoms. The van der Waals surface area contributed by atoms with E-state index in [0.29, 0.717) is 5.56 Å². The van der Waals surface area contributed by atoms with Gasteiger partial charge in [-0.25, -0.2) is 0 Å². The number of allylic oxidation sites excluding steroid dienone is 1. The molecule has 3 aromatic rings. The molecule has 0 saturated carbocycles. The van der Waals surface area contributed by atoms with E-state index in [1.54, 1.807) is 25.3 Å². The number of hydrogen-bond acceptors (Lipinski definition) is 5. The summed E-state index contributed by atoms with van der Waals surface area (Å²) in [5.41, 5.74) is 4.78. The number of fused-ring (bicyclic) bond motifs is 1. The molecule has 0 spiro atoms. The van der Waals surface area contributed by atoms with Crippen LogP contribution in [-0.4, -0.2) is 18.0 Å². The molecule has 5 nitrogen and oxygen atoms in total. The van der Waals surface area contributed by atoms with E-state index in [2.05, 4.69) is 21.6 Å². The highest BCUT2D eigenvalue weighted by molar-refractivity contribution is 8.19. The van der Waals surface area contributed by atoms with Crippen molar-refractivity contribution in [3.8, 4) is 11.5 Å². The quantitative estimate of drug-likeness (QED) is 0.258. The van der Waals surface area contributed by atoms with Crippen LogP contribution in [0.15, 0.2) is 72.8 Å². The molecule has 0 atom stereocenters. The third-order valence-electron chi connectivity index (χ3n) is 4.66. The number of thiol groups is 1. The lowest BCUT2D eigenvalue weighted by molar-refractivity contribution is 0.104. The highest BCUT2D eigenvalue weighted by Crippen LogP contribution is 2.44. The smallest absolute Gasteiger partial charge is 0.185 e. The lowest BCUT2D eigenvalue weighted by atomic mass is 10.1. The molecular formula is C23H22N2O3S. The van der Waals surface area contributed by atoms with Gasteiger partial charge in [0, 0.05) is 16.9 Å². The number of phenolic OH excluding ortho intramolecular Hbond substituents is 1. The minimum atomic E-state index is -0.604. The Morgan fingerprint density at radius 2 is 1.72 bits per heavy atom. The number of benzene rings is 3. The number of nitrogens with one attached hydrogen (secondary N) is 2. The second kappa shape index (κ2) is 8.32. The molecule has 0 amide bonds. The lowest BCUT2D eigenvalue weighted by Gasteiger charge is -2.19. The van der Waals surface area contributed by atoms with Crippen LogP contribution in [-0.2, 0) is 5.75 Å². The van der Waals surface area contributed by atoms with E-state index in [0.717, 1.165) is 34.0 Å². The first-order chi connectivity index (χ1) is 14.1. The number of rotatable bonds is 6. The summed E-state index contributed by atoms with van der Waals surface area (Å²) in [5, 5.41) is 9.33. The van der Waals surface area contributed by atoms with Crippen LogP contribution < -0.4 is 14.2 Å². The number of anilines is 2. The van der Waals surface area contributed by atoms with Crippen molar-refractivity contribution in [3.05, 3.63) is 89.5 Å². The van der Waals surface area contributed by atoms with E-state index in [1.807, 2.05) is 30.3 Å². The van der Waals surface area contributed by atoms with Crippen molar-refractivity contribution in [2.75, 3.05) is 16.6 Å². The Kier molecular flexibility index (Phi) is 5.44. The third-order valence-corrected chi connectivity index (χ3v) is 6.34. The summed E-state index contributed by atoms with van der Waals surface area (Å²) in [6.45, 7) is 0. The molecular weight excluding hydrogens is 384 g/mol. The minimum absolute atomic E-state index is 0.117. The van der Waals surface area contributed by atoms with Crippen molar-refractivity contribution >= 4 is 34.5 Å². The Balaban J connectivity index is 1.45. The van der Waals surface area contributed by atoms with Gasteiger partial charge in [-0.05, 0) is 54.1 Å². The Labute approximate surface area is 172 Å². The van der Waals surface area contributed by atoms with Gasteiger partial charge < -0.3 is 19.3 Å². The summed E-state index contributed by atoms with van der Waals surface area (Å²) in [6.07, 6.45) is 3.30. The third kappa shape index (κ3) is 4.38. The molecule has 148 valence electrons. The molecule has 1 heterocycles. The van der Waals surface area contributed by atoms with Crippen LogP contribution >= 0.6 is 11.3 Å². The zero-order chi connectivity index (χ0) is 20.2. The molecule has 0 radical (unpaired) electrons. The number of hydrogen-bond donors (Lipinski definition) is 4. The molecule has 0 saturated heterocycles. The predicted octanol–water partition coefficient (Wildman–Crippen LogP) is 5.17. The number of para-hydroxylation sites is 2. The highest BCUT2D eigenvalue weighted by atomic mass is 32.2. The summed E-state index contributed by atoms with van der Waals surface area (Å²) < 4.78 is 12.7. The van der Waals surface area contributed by atoms with Crippen molar-refractivity contribution in [3.63, 3.8) is 0 Å². The van der Waals surface area contributed by atoms with Gasteiger partial charge in [0.25, 0.3) is 0 Å². The van der Waals surface area contributed by atoms with Gasteiger partial charge in [-0.2, -0.15) is 0 Å². The topological polar surface area (TPSA) is 70.6 Å². The minimum Gasteiger partial charge on any atom is -0.508 e.